The quantitative estimate of drug-likeness (QED) is 0.851. The van der Waals surface area contributed by atoms with Crippen molar-refractivity contribution in [3.63, 3.8) is 0 Å². The number of amides is 4. The molecule has 1 heterocycles. The van der Waals surface area contributed by atoms with Crippen molar-refractivity contribution in [2.45, 2.75) is 13.8 Å². The summed E-state index contributed by atoms with van der Waals surface area (Å²) in [4.78, 5) is 38.6. The molecule has 1 saturated heterocycles. The molecule has 1 fully saturated rings. The number of benzene rings is 1. The van der Waals surface area contributed by atoms with Crippen LogP contribution in [-0.4, -0.2) is 67.7 Å². The molecule has 2 N–H and O–H groups in total. The molecule has 0 bridgehead atoms. The number of rotatable bonds is 4. The topological polar surface area (TPSA) is 100 Å². The maximum absolute atomic E-state index is 12.5. The highest BCUT2D eigenvalue weighted by Crippen LogP contribution is 2.28. The van der Waals surface area contributed by atoms with Crippen LogP contribution in [0.3, 0.4) is 0 Å². The number of hydrogen-bond acceptors (Lipinski definition) is 5. The van der Waals surface area contributed by atoms with Gasteiger partial charge in [-0.15, -0.1) is 0 Å². The molecule has 0 aromatic heterocycles. The van der Waals surface area contributed by atoms with Crippen molar-refractivity contribution in [2.24, 2.45) is 0 Å². The first-order valence-electron chi connectivity index (χ1n) is 8.37. The minimum Gasteiger partial charge on any atom is -0.495 e. The Hall–Kier alpha value is -2.97. The van der Waals surface area contributed by atoms with Crippen LogP contribution in [0.1, 0.15) is 13.8 Å². The molecule has 1 aromatic rings. The molecular weight excluding hydrogens is 340 g/mol. The number of anilines is 2. The molecule has 26 heavy (non-hydrogen) atoms. The summed E-state index contributed by atoms with van der Waals surface area (Å²) in [7, 11) is 1.50. The normalized spacial score (nSPS) is 13.8. The van der Waals surface area contributed by atoms with Gasteiger partial charge in [0.2, 0.25) is 5.91 Å². The van der Waals surface area contributed by atoms with Crippen molar-refractivity contribution >= 4 is 29.4 Å². The van der Waals surface area contributed by atoms with Crippen LogP contribution in [0, 0.1) is 0 Å². The Balaban J connectivity index is 1.99. The lowest BCUT2D eigenvalue weighted by Crippen LogP contribution is -2.51. The molecule has 1 aromatic carbocycles. The summed E-state index contributed by atoms with van der Waals surface area (Å²) in [6.07, 6.45) is -0.364. The molecule has 1 aliphatic rings. The molecule has 0 unspecified atom stereocenters. The standard InChI is InChI=1S/C17H24N4O5/c1-4-26-17(24)21-9-7-20(8-10-21)16(23)19-14-11-13(18-12(2)22)5-6-15(14)25-3/h5-6,11H,4,7-10H2,1-3H3,(H,18,22)(H,19,23). The van der Waals surface area contributed by atoms with Crippen LogP contribution in [0.4, 0.5) is 21.0 Å². The van der Waals surface area contributed by atoms with Gasteiger partial charge in [-0.1, -0.05) is 0 Å². The molecule has 0 spiro atoms. The van der Waals surface area contributed by atoms with E-state index in [1.54, 1.807) is 34.9 Å². The zero-order valence-corrected chi connectivity index (χ0v) is 15.2. The van der Waals surface area contributed by atoms with E-state index in [2.05, 4.69) is 10.6 Å². The van der Waals surface area contributed by atoms with Crippen LogP contribution in [0.5, 0.6) is 5.75 Å². The van der Waals surface area contributed by atoms with E-state index in [4.69, 9.17) is 9.47 Å². The van der Waals surface area contributed by atoms with Gasteiger partial charge in [-0.3, -0.25) is 4.79 Å². The number of carbonyl (C=O) groups is 3. The van der Waals surface area contributed by atoms with E-state index in [1.807, 2.05) is 0 Å². The van der Waals surface area contributed by atoms with Gasteiger partial charge in [0.25, 0.3) is 0 Å². The van der Waals surface area contributed by atoms with Crippen LogP contribution in [0.25, 0.3) is 0 Å². The van der Waals surface area contributed by atoms with Crippen LogP contribution < -0.4 is 15.4 Å². The van der Waals surface area contributed by atoms with E-state index in [1.165, 1.54) is 14.0 Å². The minimum absolute atomic E-state index is 0.206. The van der Waals surface area contributed by atoms with E-state index in [-0.39, 0.29) is 18.0 Å². The second-order valence-corrected chi connectivity index (χ2v) is 5.70. The van der Waals surface area contributed by atoms with Gasteiger partial charge in [-0.2, -0.15) is 0 Å². The third-order valence-corrected chi connectivity index (χ3v) is 3.85. The summed E-state index contributed by atoms with van der Waals surface area (Å²) in [6.45, 7) is 5.11. The SMILES string of the molecule is CCOC(=O)N1CCN(C(=O)Nc2cc(NC(C)=O)ccc2OC)CC1. The molecular formula is C17H24N4O5. The predicted octanol–water partition coefficient (Wildman–Crippen LogP) is 1.96. The lowest BCUT2D eigenvalue weighted by molar-refractivity contribution is -0.114. The molecule has 1 aliphatic heterocycles. The fraction of sp³-hybridized carbons (Fsp3) is 0.471. The fourth-order valence-corrected chi connectivity index (χ4v) is 2.59. The number of urea groups is 1. The summed E-state index contributed by atoms with van der Waals surface area (Å²) in [6, 6.07) is 4.69. The van der Waals surface area contributed by atoms with Crippen molar-refractivity contribution < 1.29 is 23.9 Å². The van der Waals surface area contributed by atoms with Crippen LogP contribution >= 0.6 is 0 Å². The van der Waals surface area contributed by atoms with Crippen molar-refractivity contribution in [1.82, 2.24) is 9.80 Å². The Labute approximate surface area is 152 Å². The smallest absolute Gasteiger partial charge is 0.409 e. The Bertz CT molecular complexity index is 671. The fourth-order valence-electron chi connectivity index (χ4n) is 2.59. The molecule has 0 aliphatic carbocycles. The number of nitrogens with zero attached hydrogens (tertiary/aromatic N) is 2. The molecule has 2 rings (SSSR count). The van der Waals surface area contributed by atoms with Gasteiger partial charge in [-0.05, 0) is 25.1 Å². The lowest BCUT2D eigenvalue weighted by atomic mass is 10.2. The maximum Gasteiger partial charge on any atom is 0.409 e. The zero-order valence-electron chi connectivity index (χ0n) is 15.2. The third-order valence-electron chi connectivity index (χ3n) is 3.85. The number of hydrogen-bond donors (Lipinski definition) is 2. The van der Waals surface area contributed by atoms with Crippen molar-refractivity contribution in [2.75, 3.05) is 50.5 Å². The van der Waals surface area contributed by atoms with Gasteiger partial charge in [0.15, 0.2) is 0 Å². The number of nitrogens with one attached hydrogen (secondary N) is 2. The Morgan fingerprint density at radius 2 is 1.73 bits per heavy atom. The third kappa shape index (κ3) is 5.01. The van der Waals surface area contributed by atoms with Gasteiger partial charge in [0.1, 0.15) is 5.75 Å². The van der Waals surface area contributed by atoms with Crippen molar-refractivity contribution in [3.8, 4) is 5.75 Å². The largest absolute Gasteiger partial charge is 0.495 e. The molecule has 4 amide bonds. The summed E-state index contributed by atoms with van der Waals surface area (Å²) in [5, 5.41) is 5.45. The van der Waals surface area contributed by atoms with E-state index < -0.39 is 0 Å². The molecule has 0 atom stereocenters. The van der Waals surface area contributed by atoms with E-state index >= 15 is 0 Å². The van der Waals surface area contributed by atoms with Crippen molar-refractivity contribution in [3.05, 3.63) is 18.2 Å². The van der Waals surface area contributed by atoms with Crippen molar-refractivity contribution in [1.29, 1.82) is 0 Å². The molecule has 0 radical (unpaired) electrons. The number of carbonyl (C=O) groups excluding carboxylic acids is 3. The highest BCUT2D eigenvalue weighted by molar-refractivity contribution is 5.94. The van der Waals surface area contributed by atoms with E-state index in [9.17, 15) is 14.4 Å². The molecule has 9 nitrogen and oxygen atoms in total. The monoisotopic (exact) mass is 364 g/mol. The second kappa shape index (κ2) is 8.93. The summed E-state index contributed by atoms with van der Waals surface area (Å²) < 4.78 is 10.2. The molecule has 9 heteroatoms. The average Bonchev–Trinajstić information content (AvgIpc) is 2.62. The Morgan fingerprint density at radius 3 is 2.31 bits per heavy atom. The number of piperazine rings is 1. The second-order valence-electron chi connectivity index (χ2n) is 5.70. The first kappa shape index (κ1) is 19.4. The predicted molar refractivity (Wildman–Crippen MR) is 96.5 cm³/mol. The lowest BCUT2D eigenvalue weighted by Gasteiger charge is -2.34. The van der Waals surface area contributed by atoms with Gasteiger partial charge < -0.3 is 29.9 Å². The zero-order chi connectivity index (χ0) is 19.1. The highest BCUT2D eigenvalue weighted by atomic mass is 16.6. The van der Waals surface area contributed by atoms with E-state index in [0.717, 1.165) is 0 Å². The number of ether oxygens (including phenoxy) is 2. The number of methoxy groups -OCH3 is 1. The van der Waals surface area contributed by atoms with Crippen LogP contribution in [0.2, 0.25) is 0 Å². The molecule has 0 saturated carbocycles. The van der Waals surface area contributed by atoms with Gasteiger partial charge in [-0.25, -0.2) is 9.59 Å². The Morgan fingerprint density at radius 1 is 1.08 bits per heavy atom. The first-order chi connectivity index (χ1) is 12.4. The Kier molecular flexibility index (Phi) is 6.65. The maximum atomic E-state index is 12.5. The summed E-state index contributed by atoms with van der Waals surface area (Å²) in [5.41, 5.74) is 1.01. The van der Waals surface area contributed by atoms with Crippen LogP contribution in [-0.2, 0) is 9.53 Å². The van der Waals surface area contributed by atoms with E-state index in [0.29, 0.717) is 49.9 Å². The highest BCUT2D eigenvalue weighted by Gasteiger charge is 2.25. The van der Waals surface area contributed by atoms with Crippen LogP contribution in [0.15, 0.2) is 18.2 Å². The average molecular weight is 364 g/mol. The summed E-state index contributed by atoms with van der Waals surface area (Å²) >= 11 is 0. The summed E-state index contributed by atoms with van der Waals surface area (Å²) in [5.74, 6) is 0.278. The first-order valence-corrected chi connectivity index (χ1v) is 8.37. The van der Waals surface area contributed by atoms with Gasteiger partial charge >= 0.3 is 12.1 Å². The van der Waals surface area contributed by atoms with Gasteiger partial charge in [0, 0.05) is 38.8 Å². The minimum atomic E-state index is -0.364. The molecule has 142 valence electrons. The van der Waals surface area contributed by atoms with Gasteiger partial charge in [0.05, 0.1) is 19.4 Å².